The molecule has 1 fully saturated rings. The fraction of sp³-hybridized carbons (Fsp3) is 0.778. The van der Waals surface area contributed by atoms with Gasteiger partial charge in [-0.25, -0.2) is 0 Å². The predicted molar refractivity (Wildman–Crippen MR) is 195 cm³/mol. The van der Waals surface area contributed by atoms with E-state index in [1.165, 1.54) is 19.1 Å². The van der Waals surface area contributed by atoms with Gasteiger partial charge in [-0.3, -0.25) is 18.7 Å². The van der Waals surface area contributed by atoms with Crippen LogP contribution in [0.4, 0.5) is 35.1 Å². The standard InChI is InChI=1S/C18H28F6O4.C10H14O3S.C8H14F2O5S/c1-6-14(2,3)13(25)28-12-8-10(15(4,26)17(19,20)21)7-11(9-12)16(5,27)18(22,23)24;1-3-8(2)9-4-6-10(7-5-9)14(11,12)13;1-4-5(2)7(11)15-6(3)8(9,10)16(12,13)14/h10-12,26-27H,6-9H2,1-5H3;4-8H,3H2,1-2H3,(H,11,12,13);5-6H,4H2,1-3H3,(H,12,13,14). The van der Waals surface area contributed by atoms with Crippen molar-refractivity contribution in [2.45, 2.75) is 160 Å². The molecule has 340 valence electrons. The maximum Gasteiger partial charge on any atom is 0.417 e. The van der Waals surface area contributed by atoms with Crippen LogP contribution in [0.1, 0.15) is 119 Å². The van der Waals surface area contributed by atoms with E-state index in [0.29, 0.717) is 39.5 Å². The summed E-state index contributed by atoms with van der Waals surface area (Å²) in [4.78, 5) is 23.4. The second-order valence-electron chi connectivity index (χ2n) is 15.4. The Labute approximate surface area is 334 Å². The molecule has 1 aromatic carbocycles. The summed E-state index contributed by atoms with van der Waals surface area (Å²) in [6.07, 6.45) is -13.6. The third-order valence-corrected chi connectivity index (χ3v) is 12.5. The molecule has 0 bridgehead atoms. The quantitative estimate of drug-likeness (QED) is 0.0840. The van der Waals surface area contributed by atoms with Crippen molar-refractivity contribution in [3.8, 4) is 0 Å². The molecule has 58 heavy (non-hydrogen) atoms. The van der Waals surface area contributed by atoms with Crippen LogP contribution in [0, 0.1) is 23.2 Å². The maximum absolute atomic E-state index is 13.3. The van der Waals surface area contributed by atoms with Crippen LogP contribution in [0.5, 0.6) is 0 Å². The number of ether oxygens (including phenoxy) is 2. The van der Waals surface area contributed by atoms with Gasteiger partial charge in [0.25, 0.3) is 10.1 Å². The lowest BCUT2D eigenvalue weighted by molar-refractivity contribution is -0.299. The zero-order valence-corrected chi connectivity index (χ0v) is 35.5. The van der Waals surface area contributed by atoms with Gasteiger partial charge in [-0.15, -0.1) is 0 Å². The number of alkyl halides is 8. The van der Waals surface area contributed by atoms with Gasteiger partial charge in [-0.05, 0) is 96.8 Å². The number of esters is 2. The first-order chi connectivity index (χ1) is 25.8. The number of rotatable bonds is 13. The van der Waals surface area contributed by atoms with Crippen molar-refractivity contribution in [3.63, 3.8) is 0 Å². The van der Waals surface area contributed by atoms with E-state index >= 15 is 0 Å². The summed E-state index contributed by atoms with van der Waals surface area (Å²) in [5.41, 5.74) is -6.47. The molecular formula is C36H56F8O12S2. The Bertz CT molecular complexity index is 1680. The lowest BCUT2D eigenvalue weighted by Gasteiger charge is -2.46. The van der Waals surface area contributed by atoms with Crippen molar-refractivity contribution in [2.24, 2.45) is 23.2 Å². The zero-order valence-electron chi connectivity index (χ0n) is 33.9. The van der Waals surface area contributed by atoms with Crippen LogP contribution in [0.25, 0.3) is 0 Å². The third kappa shape index (κ3) is 14.8. The van der Waals surface area contributed by atoms with Crippen LogP contribution >= 0.6 is 0 Å². The van der Waals surface area contributed by atoms with Gasteiger partial charge in [0.05, 0.1) is 16.2 Å². The number of aliphatic hydroxyl groups is 2. The van der Waals surface area contributed by atoms with Gasteiger partial charge >= 0.3 is 39.7 Å². The Hall–Kier alpha value is -2.66. The van der Waals surface area contributed by atoms with Gasteiger partial charge in [-0.2, -0.15) is 52.0 Å². The van der Waals surface area contributed by atoms with E-state index in [2.05, 4.69) is 18.6 Å². The lowest BCUT2D eigenvalue weighted by Crippen LogP contribution is -2.57. The zero-order chi connectivity index (χ0) is 46.3. The van der Waals surface area contributed by atoms with E-state index in [0.717, 1.165) is 12.0 Å². The summed E-state index contributed by atoms with van der Waals surface area (Å²) in [5.74, 6) is -5.24. The van der Waals surface area contributed by atoms with Crippen molar-refractivity contribution in [3.05, 3.63) is 29.8 Å². The van der Waals surface area contributed by atoms with E-state index in [-0.39, 0.29) is 4.90 Å². The van der Waals surface area contributed by atoms with Gasteiger partial charge in [0.1, 0.15) is 6.10 Å². The molecule has 0 heterocycles. The summed E-state index contributed by atoms with van der Waals surface area (Å²) in [6.45, 7) is 13.7. The monoisotopic (exact) mass is 896 g/mol. The summed E-state index contributed by atoms with van der Waals surface area (Å²) in [6, 6.07) is 6.32. The van der Waals surface area contributed by atoms with Crippen LogP contribution < -0.4 is 0 Å². The van der Waals surface area contributed by atoms with E-state index in [1.54, 1.807) is 39.8 Å². The normalized spacial score (nSPS) is 21.9. The van der Waals surface area contributed by atoms with E-state index in [1.807, 2.05) is 0 Å². The molecule has 0 spiro atoms. The number of halogens is 8. The van der Waals surface area contributed by atoms with Crippen LogP contribution in [0.15, 0.2) is 29.2 Å². The van der Waals surface area contributed by atoms with Gasteiger partial charge in [0.15, 0.2) is 17.3 Å². The fourth-order valence-corrected chi connectivity index (χ4v) is 6.09. The summed E-state index contributed by atoms with van der Waals surface area (Å²) < 4.78 is 174. The molecule has 0 aliphatic heterocycles. The molecule has 1 aliphatic rings. The minimum absolute atomic E-state index is 0.0513. The molecule has 1 saturated carbocycles. The Morgan fingerprint density at radius 2 is 1.16 bits per heavy atom. The summed E-state index contributed by atoms with van der Waals surface area (Å²) in [5, 5.41) is 15.5. The van der Waals surface area contributed by atoms with Gasteiger partial charge in [-0.1, -0.05) is 46.8 Å². The average molecular weight is 897 g/mol. The Kier molecular flexibility index (Phi) is 19.3. The number of hydrogen-bond acceptors (Lipinski definition) is 10. The molecule has 4 N–H and O–H groups in total. The molecular weight excluding hydrogens is 841 g/mol. The molecule has 1 aliphatic carbocycles. The van der Waals surface area contributed by atoms with Crippen LogP contribution in [0.2, 0.25) is 0 Å². The van der Waals surface area contributed by atoms with Crippen molar-refractivity contribution in [1.82, 2.24) is 0 Å². The molecule has 0 saturated heterocycles. The predicted octanol–water partition coefficient (Wildman–Crippen LogP) is 8.27. The molecule has 7 atom stereocenters. The number of carbonyl (C=O) groups excluding carboxylic acids is 2. The van der Waals surface area contributed by atoms with Crippen LogP contribution in [0.3, 0.4) is 0 Å². The highest BCUT2D eigenvalue weighted by atomic mass is 32.2. The first kappa shape index (κ1) is 55.3. The first-order valence-corrected chi connectivity index (χ1v) is 21.1. The Balaban J connectivity index is 0.000000917. The largest absolute Gasteiger partial charge is 0.462 e. The second-order valence-corrected chi connectivity index (χ2v) is 18.4. The van der Waals surface area contributed by atoms with Crippen molar-refractivity contribution < 1.29 is 90.3 Å². The van der Waals surface area contributed by atoms with Crippen molar-refractivity contribution >= 4 is 32.2 Å². The topological polar surface area (TPSA) is 202 Å². The molecule has 0 radical (unpaired) electrons. The van der Waals surface area contributed by atoms with E-state index < -0.39 is 116 Å². The van der Waals surface area contributed by atoms with E-state index in [9.17, 15) is 71.8 Å². The van der Waals surface area contributed by atoms with Crippen LogP contribution in [-0.4, -0.2) is 89.1 Å². The van der Waals surface area contributed by atoms with Gasteiger partial charge in [0.2, 0.25) is 0 Å². The molecule has 1 aromatic rings. The number of carbonyl (C=O) groups is 2. The molecule has 12 nitrogen and oxygen atoms in total. The van der Waals surface area contributed by atoms with Crippen molar-refractivity contribution in [1.29, 1.82) is 0 Å². The molecule has 0 aromatic heterocycles. The number of hydrogen-bond donors (Lipinski definition) is 4. The fourth-order valence-electron chi connectivity index (χ4n) is 5.14. The maximum atomic E-state index is 13.3. The number of benzene rings is 1. The SMILES string of the molecule is CCC(C)(C)C(=O)OC1CC(C(C)(O)C(F)(F)F)CC(C(C)(O)C(F)(F)F)C1.CCC(C)C(=O)OC(C)C(F)(F)S(=O)(=O)O.CCC(C)c1ccc(S(=O)(=O)O)cc1. The average Bonchev–Trinajstić information content (AvgIpc) is 3.09. The Morgan fingerprint density at radius 1 is 0.741 bits per heavy atom. The minimum atomic E-state index is -5.59. The molecule has 7 unspecified atom stereocenters. The van der Waals surface area contributed by atoms with Gasteiger partial charge < -0.3 is 19.7 Å². The highest BCUT2D eigenvalue weighted by Crippen LogP contribution is 2.50. The summed E-state index contributed by atoms with van der Waals surface area (Å²) >= 11 is 0. The van der Waals surface area contributed by atoms with Gasteiger partial charge in [0, 0.05) is 11.8 Å². The third-order valence-electron chi connectivity index (χ3n) is 10.6. The molecule has 0 amide bonds. The summed E-state index contributed by atoms with van der Waals surface area (Å²) in [7, 11) is -9.64. The van der Waals surface area contributed by atoms with E-state index in [4.69, 9.17) is 13.8 Å². The first-order valence-electron chi connectivity index (χ1n) is 18.2. The minimum Gasteiger partial charge on any atom is -0.462 e. The smallest absolute Gasteiger partial charge is 0.417 e. The molecule has 22 heteroatoms. The highest BCUT2D eigenvalue weighted by molar-refractivity contribution is 7.87. The van der Waals surface area contributed by atoms with Crippen LogP contribution in [-0.2, 0) is 39.3 Å². The molecule has 2 rings (SSSR count). The Morgan fingerprint density at radius 3 is 1.47 bits per heavy atom. The lowest BCUT2D eigenvalue weighted by atomic mass is 9.67. The van der Waals surface area contributed by atoms with Crippen molar-refractivity contribution in [2.75, 3.05) is 0 Å². The highest BCUT2D eigenvalue weighted by Gasteiger charge is 2.62. The second kappa shape index (κ2) is 20.3.